The zero-order chi connectivity index (χ0) is 20.3. The average molecular weight is 387 g/mol. The van der Waals surface area contributed by atoms with Gasteiger partial charge in [-0.1, -0.05) is 31.8 Å². The molecular weight excluding hydrogens is 358 g/mol. The van der Waals surface area contributed by atoms with E-state index in [0.717, 1.165) is 37.8 Å². The Morgan fingerprint density at radius 2 is 2.04 bits per heavy atom. The van der Waals surface area contributed by atoms with Crippen molar-refractivity contribution in [3.05, 3.63) is 23.0 Å². The fourth-order valence-corrected chi connectivity index (χ4v) is 3.29. The lowest BCUT2D eigenvalue weighted by Crippen LogP contribution is -2.35. The second kappa shape index (κ2) is 8.71. The number of pyridine rings is 1. The summed E-state index contributed by atoms with van der Waals surface area (Å²) in [5, 5.41) is 7.35. The lowest BCUT2D eigenvalue weighted by Gasteiger charge is -2.14. The molecule has 3 rings (SSSR count). The smallest absolute Gasteiger partial charge is 0.339 e. The minimum absolute atomic E-state index is 0.0550. The van der Waals surface area contributed by atoms with Crippen LogP contribution in [0.5, 0.6) is 0 Å². The molecule has 1 atom stereocenters. The van der Waals surface area contributed by atoms with E-state index in [4.69, 9.17) is 9.26 Å². The van der Waals surface area contributed by atoms with Crippen molar-refractivity contribution in [2.24, 2.45) is 5.92 Å². The van der Waals surface area contributed by atoms with E-state index in [-0.39, 0.29) is 18.6 Å². The number of rotatable bonds is 9. The van der Waals surface area contributed by atoms with Gasteiger partial charge in [0.25, 0.3) is 11.6 Å². The number of nitrogens with one attached hydrogen (secondary N) is 1. The SMILES string of the molecule is Cc1noc2nc(C3CC3)cc(C(=O)OCC(=O)N[C@@H](C)CCCC(C)C)c12. The van der Waals surface area contributed by atoms with E-state index in [9.17, 15) is 9.59 Å². The van der Waals surface area contributed by atoms with Crippen molar-refractivity contribution < 1.29 is 18.8 Å². The molecule has 0 bridgehead atoms. The third-order valence-corrected chi connectivity index (χ3v) is 5.01. The lowest BCUT2D eigenvalue weighted by atomic mass is 10.0. The van der Waals surface area contributed by atoms with Crippen LogP contribution in [-0.4, -0.2) is 34.7 Å². The number of carbonyl (C=O) groups excluding carboxylic acids is 2. The van der Waals surface area contributed by atoms with Crippen molar-refractivity contribution in [2.75, 3.05) is 6.61 Å². The number of esters is 1. The second-order valence-electron chi connectivity index (χ2n) is 8.19. The maximum atomic E-state index is 12.6. The maximum absolute atomic E-state index is 12.6. The van der Waals surface area contributed by atoms with Crippen LogP contribution >= 0.6 is 0 Å². The number of carbonyl (C=O) groups is 2. The summed E-state index contributed by atoms with van der Waals surface area (Å²) in [6.45, 7) is 7.79. The van der Waals surface area contributed by atoms with Crippen molar-refractivity contribution in [3.8, 4) is 0 Å². The van der Waals surface area contributed by atoms with Crippen LogP contribution in [0.4, 0.5) is 0 Å². The Hall–Kier alpha value is -2.44. The first-order chi connectivity index (χ1) is 13.3. The first-order valence-electron chi connectivity index (χ1n) is 10.1. The zero-order valence-electron chi connectivity index (χ0n) is 17.1. The quantitative estimate of drug-likeness (QED) is 0.656. The standard InChI is InChI=1S/C21H29N3O4/c1-12(2)6-5-7-13(3)22-18(25)11-27-21(26)16-10-17(15-8-9-15)23-20-19(16)14(4)24-28-20/h10,12-13,15H,5-9,11H2,1-4H3,(H,22,25)/t13-/m0/s1. The topological polar surface area (TPSA) is 94.3 Å². The molecular formula is C21H29N3O4. The summed E-state index contributed by atoms with van der Waals surface area (Å²) >= 11 is 0. The Morgan fingerprint density at radius 1 is 1.29 bits per heavy atom. The van der Waals surface area contributed by atoms with E-state index in [1.165, 1.54) is 0 Å². The highest BCUT2D eigenvalue weighted by Gasteiger charge is 2.29. The summed E-state index contributed by atoms with van der Waals surface area (Å²) in [6, 6.07) is 1.80. The monoisotopic (exact) mass is 387 g/mol. The molecule has 2 heterocycles. The third-order valence-electron chi connectivity index (χ3n) is 5.01. The van der Waals surface area contributed by atoms with E-state index in [1.54, 1.807) is 13.0 Å². The van der Waals surface area contributed by atoms with E-state index >= 15 is 0 Å². The molecule has 0 spiro atoms. The van der Waals surface area contributed by atoms with E-state index < -0.39 is 5.97 Å². The van der Waals surface area contributed by atoms with E-state index in [2.05, 4.69) is 29.3 Å². The highest BCUT2D eigenvalue weighted by Crippen LogP contribution is 2.40. The molecule has 0 aromatic carbocycles. The Balaban J connectivity index is 1.59. The molecule has 1 saturated carbocycles. The number of amides is 1. The van der Waals surface area contributed by atoms with Crippen LogP contribution in [0, 0.1) is 12.8 Å². The number of hydrogen-bond donors (Lipinski definition) is 1. The number of fused-ring (bicyclic) bond motifs is 1. The van der Waals surface area contributed by atoms with Gasteiger partial charge >= 0.3 is 5.97 Å². The van der Waals surface area contributed by atoms with Crippen molar-refractivity contribution in [2.45, 2.75) is 71.8 Å². The molecule has 2 aromatic rings. The molecule has 1 aliphatic carbocycles. The van der Waals surface area contributed by atoms with Crippen LogP contribution in [0.3, 0.4) is 0 Å². The Bertz CT molecular complexity index is 855. The summed E-state index contributed by atoms with van der Waals surface area (Å²) in [4.78, 5) is 29.2. The van der Waals surface area contributed by atoms with Crippen LogP contribution in [-0.2, 0) is 9.53 Å². The molecule has 0 radical (unpaired) electrons. The van der Waals surface area contributed by atoms with Crippen molar-refractivity contribution in [1.82, 2.24) is 15.5 Å². The molecule has 0 aliphatic heterocycles. The number of nitrogens with zero attached hydrogens (tertiary/aromatic N) is 2. The van der Waals surface area contributed by atoms with Crippen molar-refractivity contribution in [1.29, 1.82) is 0 Å². The van der Waals surface area contributed by atoms with Gasteiger partial charge in [-0.2, -0.15) is 0 Å². The van der Waals surface area contributed by atoms with E-state index in [1.807, 2.05) is 6.92 Å². The Morgan fingerprint density at radius 3 is 2.71 bits per heavy atom. The van der Waals surface area contributed by atoms with Gasteiger partial charge in [0.2, 0.25) is 0 Å². The number of aryl methyl sites for hydroxylation is 1. The molecule has 152 valence electrons. The third kappa shape index (κ3) is 5.09. The minimum Gasteiger partial charge on any atom is -0.452 e. The van der Waals surface area contributed by atoms with Gasteiger partial charge in [0.05, 0.1) is 16.6 Å². The number of ether oxygens (including phenoxy) is 1. The molecule has 1 amide bonds. The summed E-state index contributed by atoms with van der Waals surface area (Å²) in [6.07, 6.45) is 5.21. The summed E-state index contributed by atoms with van der Waals surface area (Å²) in [5.74, 6) is 0.169. The summed E-state index contributed by atoms with van der Waals surface area (Å²) in [7, 11) is 0. The fraction of sp³-hybridized carbons (Fsp3) is 0.619. The predicted molar refractivity (Wildman–Crippen MR) is 105 cm³/mol. The van der Waals surface area contributed by atoms with E-state index in [0.29, 0.717) is 34.2 Å². The maximum Gasteiger partial charge on any atom is 0.339 e. The molecule has 0 saturated heterocycles. The molecule has 1 N–H and O–H groups in total. The van der Waals surface area contributed by atoms with Gasteiger partial charge in [-0.3, -0.25) is 4.79 Å². The molecule has 2 aromatic heterocycles. The zero-order valence-corrected chi connectivity index (χ0v) is 17.1. The van der Waals surface area contributed by atoms with Gasteiger partial charge in [-0.05, 0) is 45.1 Å². The van der Waals surface area contributed by atoms with Gasteiger partial charge in [0.15, 0.2) is 6.61 Å². The molecule has 1 fully saturated rings. The van der Waals surface area contributed by atoms with Crippen LogP contribution < -0.4 is 5.32 Å². The van der Waals surface area contributed by atoms with Gasteiger partial charge in [0.1, 0.15) is 0 Å². The lowest BCUT2D eigenvalue weighted by molar-refractivity contribution is -0.124. The number of hydrogen-bond acceptors (Lipinski definition) is 6. The fourth-order valence-electron chi connectivity index (χ4n) is 3.29. The normalized spacial score (nSPS) is 15.0. The second-order valence-corrected chi connectivity index (χ2v) is 8.19. The summed E-state index contributed by atoms with van der Waals surface area (Å²) < 4.78 is 10.5. The van der Waals surface area contributed by atoms with Crippen LogP contribution in [0.25, 0.3) is 11.1 Å². The Kier molecular flexibility index (Phi) is 6.31. The van der Waals surface area contributed by atoms with Crippen molar-refractivity contribution >= 4 is 23.0 Å². The van der Waals surface area contributed by atoms with Gasteiger partial charge in [0, 0.05) is 17.7 Å². The highest BCUT2D eigenvalue weighted by molar-refractivity contribution is 6.03. The average Bonchev–Trinajstić information content (AvgIpc) is 3.42. The van der Waals surface area contributed by atoms with Crippen LogP contribution in [0.2, 0.25) is 0 Å². The molecule has 1 aliphatic rings. The summed E-state index contributed by atoms with van der Waals surface area (Å²) in [5.41, 5.74) is 2.11. The molecule has 28 heavy (non-hydrogen) atoms. The molecule has 7 nitrogen and oxygen atoms in total. The minimum atomic E-state index is -0.553. The molecule has 0 unspecified atom stereocenters. The highest BCUT2D eigenvalue weighted by atomic mass is 16.5. The van der Waals surface area contributed by atoms with Crippen LogP contribution in [0.1, 0.15) is 80.5 Å². The molecule has 7 heteroatoms. The first-order valence-corrected chi connectivity index (χ1v) is 10.1. The first kappa shape index (κ1) is 20.3. The van der Waals surface area contributed by atoms with Gasteiger partial charge in [-0.15, -0.1) is 0 Å². The van der Waals surface area contributed by atoms with Crippen molar-refractivity contribution in [3.63, 3.8) is 0 Å². The van der Waals surface area contributed by atoms with Gasteiger partial charge < -0.3 is 14.6 Å². The largest absolute Gasteiger partial charge is 0.452 e. The Labute approximate surface area is 165 Å². The van der Waals surface area contributed by atoms with Crippen LogP contribution in [0.15, 0.2) is 10.6 Å². The van der Waals surface area contributed by atoms with Gasteiger partial charge in [-0.25, -0.2) is 9.78 Å². The number of aromatic nitrogens is 2. The predicted octanol–water partition coefficient (Wildman–Crippen LogP) is 3.90.